The molecule has 0 radical (unpaired) electrons. The van der Waals surface area contributed by atoms with Gasteiger partial charge in [-0.1, -0.05) is 17.7 Å². The molecule has 0 saturated carbocycles. The fourth-order valence-electron chi connectivity index (χ4n) is 2.77. The summed E-state index contributed by atoms with van der Waals surface area (Å²) in [5, 5.41) is 3.12. The van der Waals surface area contributed by atoms with Gasteiger partial charge in [-0.2, -0.15) is 0 Å². The second-order valence-electron chi connectivity index (χ2n) is 6.05. The van der Waals surface area contributed by atoms with E-state index in [1.807, 2.05) is 0 Å². The standard InChI is InChI=1S/C19H14ClN3O5/c20-12-2-4-13(5-3-12)22-17(24)14-8-21-19(26)23(18(14)25)9-11-1-6-15-16(7-11)28-10-27-15/h1-8H,9-10H2,(H,21,26)(H,22,24). The molecule has 1 aliphatic rings. The van der Waals surface area contributed by atoms with Gasteiger partial charge in [0.1, 0.15) is 5.56 Å². The van der Waals surface area contributed by atoms with E-state index in [4.69, 9.17) is 21.1 Å². The second-order valence-corrected chi connectivity index (χ2v) is 6.48. The first-order chi connectivity index (χ1) is 13.5. The van der Waals surface area contributed by atoms with Gasteiger partial charge in [0.25, 0.3) is 11.5 Å². The van der Waals surface area contributed by atoms with E-state index in [9.17, 15) is 14.4 Å². The van der Waals surface area contributed by atoms with Crippen LogP contribution in [0.2, 0.25) is 5.02 Å². The predicted molar refractivity (Wildman–Crippen MR) is 102 cm³/mol. The summed E-state index contributed by atoms with van der Waals surface area (Å²) in [6.45, 7) is 0.104. The fourth-order valence-corrected chi connectivity index (χ4v) is 2.90. The smallest absolute Gasteiger partial charge is 0.328 e. The zero-order valence-corrected chi connectivity index (χ0v) is 15.2. The number of hydrogen-bond acceptors (Lipinski definition) is 5. The molecule has 0 saturated heterocycles. The molecule has 2 heterocycles. The zero-order valence-electron chi connectivity index (χ0n) is 14.4. The third kappa shape index (κ3) is 3.49. The van der Waals surface area contributed by atoms with E-state index in [-0.39, 0.29) is 18.9 Å². The lowest BCUT2D eigenvalue weighted by Crippen LogP contribution is -2.39. The van der Waals surface area contributed by atoms with E-state index in [0.717, 1.165) is 10.8 Å². The van der Waals surface area contributed by atoms with E-state index in [2.05, 4.69) is 10.3 Å². The molecule has 3 aromatic rings. The molecule has 28 heavy (non-hydrogen) atoms. The Hall–Kier alpha value is -3.52. The summed E-state index contributed by atoms with van der Waals surface area (Å²) in [6.07, 6.45) is 1.10. The normalized spacial score (nSPS) is 12.0. The van der Waals surface area contributed by atoms with E-state index in [0.29, 0.717) is 27.8 Å². The number of H-pyrrole nitrogens is 1. The van der Waals surface area contributed by atoms with Crippen LogP contribution < -0.4 is 26.0 Å². The number of carbonyl (C=O) groups is 1. The molecule has 1 aromatic heterocycles. The molecule has 1 amide bonds. The van der Waals surface area contributed by atoms with Crippen LogP contribution in [-0.4, -0.2) is 22.3 Å². The Kier molecular flexibility index (Phi) is 4.62. The van der Waals surface area contributed by atoms with Crippen LogP contribution in [0.5, 0.6) is 11.5 Å². The molecule has 8 nitrogen and oxygen atoms in total. The van der Waals surface area contributed by atoms with Crippen molar-refractivity contribution < 1.29 is 14.3 Å². The first-order valence-corrected chi connectivity index (χ1v) is 8.67. The number of ether oxygens (including phenoxy) is 2. The number of hydrogen-bond donors (Lipinski definition) is 2. The summed E-state index contributed by atoms with van der Waals surface area (Å²) in [4.78, 5) is 39.8. The summed E-state index contributed by atoms with van der Waals surface area (Å²) in [5.41, 5.74) is -0.372. The van der Waals surface area contributed by atoms with Crippen molar-refractivity contribution in [3.63, 3.8) is 0 Å². The summed E-state index contributed by atoms with van der Waals surface area (Å²) < 4.78 is 11.5. The van der Waals surface area contributed by atoms with E-state index in [1.165, 1.54) is 0 Å². The maximum atomic E-state index is 12.7. The minimum absolute atomic E-state index is 0.0210. The van der Waals surface area contributed by atoms with Crippen molar-refractivity contribution in [2.75, 3.05) is 12.1 Å². The maximum absolute atomic E-state index is 12.7. The number of aromatic amines is 1. The number of fused-ring (bicyclic) bond motifs is 1. The SMILES string of the molecule is O=C(Nc1ccc(Cl)cc1)c1c[nH]c(=O)n(Cc2ccc3c(c2)OCO3)c1=O. The Morgan fingerprint density at radius 3 is 2.64 bits per heavy atom. The molecular formula is C19H14ClN3O5. The summed E-state index contributed by atoms with van der Waals surface area (Å²) in [5.74, 6) is 0.503. The molecule has 2 aromatic carbocycles. The van der Waals surface area contributed by atoms with Gasteiger partial charge in [0, 0.05) is 16.9 Å². The quantitative estimate of drug-likeness (QED) is 0.700. The van der Waals surface area contributed by atoms with Gasteiger partial charge in [0.15, 0.2) is 11.5 Å². The predicted octanol–water partition coefficient (Wildman–Crippen LogP) is 2.22. The topological polar surface area (TPSA) is 102 Å². The number of rotatable bonds is 4. The van der Waals surface area contributed by atoms with Crippen LogP contribution in [-0.2, 0) is 6.54 Å². The van der Waals surface area contributed by atoms with Crippen molar-refractivity contribution in [2.45, 2.75) is 6.54 Å². The van der Waals surface area contributed by atoms with Crippen LogP contribution in [0, 0.1) is 0 Å². The van der Waals surface area contributed by atoms with Crippen LogP contribution in [0.1, 0.15) is 15.9 Å². The average molecular weight is 400 g/mol. The number of nitrogens with zero attached hydrogens (tertiary/aromatic N) is 1. The molecule has 0 atom stereocenters. The largest absolute Gasteiger partial charge is 0.454 e. The van der Waals surface area contributed by atoms with Gasteiger partial charge in [-0.15, -0.1) is 0 Å². The molecule has 0 aliphatic carbocycles. The Labute approximate surface area is 163 Å². The Morgan fingerprint density at radius 2 is 1.86 bits per heavy atom. The van der Waals surface area contributed by atoms with Crippen LogP contribution in [0.4, 0.5) is 5.69 Å². The highest BCUT2D eigenvalue weighted by Crippen LogP contribution is 2.32. The maximum Gasteiger partial charge on any atom is 0.328 e. The van der Waals surface area contributed by atoms with Crippen LogP contribution in [0.15, 0.2) is 58.3 Å². The van der Waals surface area contributed by atoms with Crippen LogP contribution in [0.25, 0.3) is 0 Å². The molecule has 4 rings (SSSR count). The third-order valence-corrected chi connectivity index (χ3v) is 4.44. The third-order valence-electron chi connectivity index (χ3n) is 4.19. The Bertz CT molecular complexity index is 1170. The molecule has 0 unspecified atom stereocenters. The minimum Gasteiger partial charge on any atom is -0.454 e. The van der Waals surface area contributed by atoms with Crippen molar-refractivity contribution in [1.82, 2.24) is 9.55 Å². The summed E-state index contributed by atoms with van der Waals surface area (Å²) in [6, 6.07) is 11.6. The Morgan fingerprint density at radius 1 is 1.11 bits per heavy atom. The van der Waals surface area contributed by atoms with Crippen molar-refractivity contribution in [2.24, 2.45) is 0 Å². The highest BCUT2D eigenvalue weighted by Gasteiger charge is 2.17. The fraction of sp³-hybridized carbons (Fsp3) is 0.105. The molecule has 1 aliphatic heterocycles. The van der Waals surface area contributed by atoms with Gasteiger partial charge in [0.05, 0.1) is 6.54 Å². The molecule has 0 spiro atoms. The number of benzene rings is 2. The second kappa shape index (κ2) is 7.24. The number of anilines is 1. The number of amides is 1. The van der Waals surface area contributed by atoms with Crippen molar-refractivity contribution in [1.29, 1.82) is 0 Å². The van der Waals surface area contributed by atoms with E-state index in [1.54, 1.807) is 42.5 Å². The Balaban J connectivity index is 1.62. The van der Waals surface area contributed by atoms with Crippen molar-refractivity contribution in [3.05, 3.63) is 85.6 Å². The number of halogens is 1. The summed E-state index contributed by atoms with van der Waals surface area (Å²) in [7, 11) is 0. The molecule has 0 fully saturated rings. The van der Waals surface area contributed by atoms with Gasteiger partial charge >= 0.3 is 5.69 Å². The van der Waals surface area contributed by atoms with Gasteiger partial charge < -0.3 is 19.8 Å². The van der Waals surface area contributed by atoms with E-state index < -0.39 is 17.2 Å². The number of carbonyl (C=O) groups excluding carboxylic acids is 1. The van der Waals surface area contributed by atoms with Gasteiger partial charge in [-0.05, 0) is 42.0 Å². The highest BCUT2D eigenvalue weighted by atomic mass is 35.5. The molecular weight excluding hydrogens is 386 g/mol. The molecule has 9 heteroatoms. The highest BCUT2D eigenvalue weighted by molar-refractivity contribution is 6.30. The number of nitrogens with one attached hydrogen (secondary N) is 2. The lowest BCUT2D eigenvalue weighted by atomic mass is 10.2. The first kappa shape index (κ1) is 17.9. The summed E-state index contributed by atoms with van der Waals surface area (Å²) >= 11 is 5.82. The van der Waals surface area contributed by atoms with Gasteiger partial charge in [-0.3, -0.25) is 14.2 Å². The molecule has 142 valence electrons. The number of aromatic nitrogens is 2. The first-order valence-electron chi connectivity index (χ1n) is 8.29. The zero-order chi connectivity index (χ0) is 19.7. The van der Waals surface area contributed by atoms with Crippen LogP contribution in [0.3, 0.4) is 0 Å². The van der Waals surface area contributed by atoms with E-state index >= 15 is 0 Å². The molecule has 0 bridgehead atoms. The molecule has 2 N–H and O–H groups in total. The minimum atomic E-state index is -0.701. The van der Waals surface area contributed by atoms with Crippen LogP contribution >= 0.6 is 11.6 Å². The van der Waals surface area contributed by atoms with Gasteiger partial charge in [-0.25, -0.2) is 4.79 Å². The lowest BCUT2D eigenvalue weighted by Gasteiger charge is -2.09. The van der Waals surface area contributed by atoms with Crippen molar-refractivity contribution >= 4 is 23.2 Å². The monoisotopic (exact) mass is 399 g/mol. The lowest BCUT2D eigenvalue weighted by molar-refractivity contribution is 0.102. The van der Waals surface area contributed by atoms with Crippen molar-refractivity contribution in [3.8, 4) is 11.5 Å². The average Bonchev–Trinajstić information content (AvgIpc) is 3.14. The van der Waals surface area contributed by atoms with Gasteiger partial charge in [0.2, 0.25) is 6.79 Å².